The molecule has 0 heterocycles. The van der Waals surface area contributed by atoms with Crippen molar-refractivity contribution in [1.82, 2.24) is 0 Å². The summed E-state index contributed by atoms with van der Waals surface area (Å²) in [6.07, 6.45) is -4.35. The van der Waals surface area contributed by atoms with Crippen LogP contribution in [0.5, 0.6) is 5.75 Å². The first-order chi connectivity index (χ1) is 11.8. The predicted molar refractivity (Wildman–Crippen MR) is 91.7 cm³/mol. The molecule has 3 aromatic rings. The van der Waals surface area contributed by atoms with E-state index in [1.807, 2.05) is 31.2 Å². The molecule has 3 aromatic carbocycles. The van der Waals surface area contributed by atoms with Crippen molar-refractivity contribution < 1.29 is 18.3 Å². The molecule has 0 saturated heterocycles. The Balaban J connectivity index is 2.07. The van der Waals surface area contributed by atoms with E-state index in [1.165, 1.54) is 12.1 Å². The van der Waals surface area contributed by atoms with Gasteiger partial charge in [0.05, 0.1) is 5.56 Å². The summed E-state index contributed by atoms with van der Waals surface area (Å²) in [7, 11) is 0. The summed E-state index contributed by atoms with van der Waals surface area (Å²) in [5.74, 6) is -0.0534. The van der Waals surface area contributed by atoms with Crippen LogP contribution in [-0.4, -0.2) is 5.11 Å². The van der Waals surface area contributed by atoms with E-state index in [2.05, 4.69) is 0 Å². The highest BCUT2D eigenvalue weighted by atomic mass is 19.4. The van der Waals surface area contributed by atoms with E-state index in [9.17, 15) is 18.3 Å². The Hall–Kier alpha value is -2.75. The third-order valence-corrected chi connectivity index (χ3v) is 4.21. The maximum atomic E-state index is 12.8. The highest BCUT2D eigenvalue weighted by molar-refractivity contribution is 5.45. The Kier molecular flexibility index (Phi) is 4.53. The van der Waals surface area contributed by atoms with Crippen molar-refractivity contribution in [2.24, 2.45) is 0 Å². The van der Waals surface area contributed by atoms with Crippen molar-refractivity contribution in [2.75, 3.05) is 0 Å². The van der Waals surface area contributed by atoms with E-state index in [-0.39, 0.29) is 11.7 Å². The van der Waals surface area contributed by atoms with Crippen LogP contribution >= 0.6 is 0 Å². The second kappa shape index (κ2) is 6.63. The molecule has 4 heteroatoms. The first-order valence-electron chi connectivity index (χ1n) is 7.87. The van der Waals surface area contributed by atoms with Crippen LogP contribution in [0.25, 0.3) is 0 Å². The average molecular weight is 342 g/mol. The van der Waals surface area contributed by atoms with E-state index in [4.69, 9.17) is 0 Å². The van der Waals surface area contributed by atoms with Crippen LogP contribution in [0.15, 0.2) is 72.8 Å². The van der Waals surface area contributed by atoms with Crippen molar-refractivity contribution in [3.63, 3.8) is 0 Å². The number of hydrogen-bond donors (Lipinski definition) is 1. The van der Waals surface area contributed by atoms with Gasteiger partial charge < -0.3 is 5.11 Å². The summed E-state index contributed by atoms with van der Waals surface area (Å²) in [5, 5.41) is 9.52. The van der Waals surface area contributed by atoms with Gasteiger partial charge in [-0.25, -0.2) is 0 Å². The minimum atomic E-state index is -4.35. The van der Waals surface area contributed by atoms with Gasteiger partial charge in [-0.15, -0.1) is 0 Å². The molecule has 0 saturated carbocycles. The van der Waals surface area contributed by atoms with E-state index >= 15 is 0 Å². The monoisotopic (exact) mass is 342 g/mol. The molecular weight excluding hydrogens is 325 g/mol. The van der Waals surface area contributed by atoms with Crippen LogP contribution in [0.3, 0.4) is 0 Å². The minimum absolute atomic E-state index is 0.152. The molecule has 0 aromatic heterocycles. The smallest absolute Gasteiger partial charge is 0.416 e. The number of phenols is 1. The van der Waals surface area contributed by atoms with Gasteiger partial charge in [0.2, 0.25) is 0 Å². The van der Waals surface area contributed by atoms with Crippen molar-refractivity contribution >= 4 is 0 Å². The molecule has 128 valence electrons. The van der Waals surface area contributed by atoms with Gasteiger partial charge in [-0.1, -0.05) is 54.1 Å². The molecule has 0 radical (unpaired) electrons. The number of benzene rings is 3. The van der Waals surface area contributed by atoms with Crippen molar-refractivity contribution in [3.8, 4) is 5.75 Å². The number of hydrogen-bond acceptors (Lipinski definition) is 1. The number of halogens is 3. The average Bonchev–Trinajstić information content (AvgIpc) is 2.58. The second-order valence-corrected chi connectivity index (χ2v) is 6.05. The van der Waals surface area contributed by atoms with Crippen LogP contribution in [-0.2, 0) is 6.18 Å². The zero-order chi connectivity index (χ0) is 18.0. The van der Waals surface area contributed by atoms with E-state index in [1.54, 1.807) is 24.3 Å². The van der Waals surface area contributed by atoms with Crippen LogP contribution < -0.4 is 0 Å². The third kappa shape index (κ3) is 3.85. The molecule has 0 fully saturated rings. The highest BCUT2D eigenvalue weighted by Crippen LogP contribution is 2.35. The fourth-order valence-corrected chi connectivity index (χ4v) is 2.87. The largest absolute Gasteiger partial charge is 0.508 e. The lowest BCUT2D eigenvalue weighted by Gasteiger charge is -2.20. The first kappa shape index (κ1) is 17.1. The van der Waals surface area contributed by atoms with Crippen LogP contribution in [0.1, 0.15) is 33.7 Å². The lowest BCUT2D eigenvalue weighted by molar-refractivity contribution is -0.137. The molecular formula is C21H17F3O. The molecule has 25 heavy (non-hydrogen) atoms. The number of aromatic hydroxyl groups is 1. The standard InChI is InChI=1S/C21H17F3O/c1-14-2-4-15(5-3-14)20(17-8-12-19(25)13-9-17)16-6-10-18(11-7-16)21(22,23)24/h2-13,20,25H,1H3. The van der Waals surface area contributed by atoms with Gasteiger partial charge in [0.15, 0.2) is 0 Å². The minimum Gasteiger partial charge on any atom is -0.508 e. The zero-order valence-corrected chi connectivity index (χ0v) is 13.6. The lowest BCUT2D eigenvalue weighted by atomic mass is 9.84. The SMILES string of the molecule is Cc1ccc(C(c2ccc(O)cc2)c2ccc(C(F)(F)F)cc2)cc1. The van der Waals surface area contributed by atoms with Crippen molar-refractivity contribution in [2.45, 2.75) is 19.0 Å². The Morgan fingerprint density at radius 2 is 1.08 bits per heavy atom. The highest BCUT2D eigenvalue weighted by Gasteiger charge is 2.30. The Labute approximate surface area is 144 Å². The number of phenolic OH excluding ortho intramolecular Hbond substituents is 1. The van der Waals surface area contributed by atoms with Crippen LogP contribution in [0.2, 0.25) is 0 Å². The topological polar surface area (TPSA) is 20.2 Å². The molecule has 0 aliphatic heterocycles. The van der Waals surface area contributed by atoms with E-state index in [0.29, 0.717) is 0 Å². The summed E-state index contributed by atoms with van der Waals surface area (Å²) in [6, 6.07) is 19.9. The van der Waals surface area contributed by atoms with E-state index in [0.717, 1.165) is 34.4 Å². The lowest BCUT2D eigenvalue weighted by Crippen LogP contribution is -2.07. The zero-order valence-electron chi connectivity index (χ0n) is 13.6. The quantitative estimate of drug-likeness (QED) is 0.588. The third-order valence-electron chi connectivity index (χ3n) is 4.21. The van der Waals surface area contributed by atoms with Gasteiger partial charge in [0.1, 0.15) is 5.75 Å². The fraction of sp³-hybridized carbons (Fsp3) is 0.143. The van der Waals surface area contributed by atoms with Gasteiger partial charge >= 0.3 is 6.18 Å². The van der Waals surface area contributed by atoms with Gasteiger partial charge in [-0.3, -0.25) is 0 Å². The first-order valence-corrected chi connectivity index (χ1v) is 7.87. The van der Waals surface area contributed by atoms with Crippen molar-refractivity contribution in [3.05, 3.63) is 101 Å². The molecule has 1 nitrogen and oxygen atoms in total. The molecule has 0 aliphatic carbocycles. The Bertz CT molecular complexity index is 787. The van der Waals surface area contributed by atoms with Gasteiger partial charge in [-0.05, 0) is 47.9 Å². The molecule has 1 unspecified atom stereocenters. The van der Waals surface area contributed by atoms with Crippen molar-refractivity contribution in [1.29, 1.82) is 0 Å². The second-order valence-electron chi connectivity index (χ2n) is 6.05. The summed E-state index contributed by atoms with van der Waals surface area (Å²) in [5.41, 5.74) is 3.10. The number of alkyl halides is 3. The number of aryl methyl sites for hydroxylation is 1. The maximum Gasteiger partial charge on any atom is 0.416 e. The van der Waals surface area contributed by atoms with Crippen LogP contribution in [0.4, 0.5) is 13.2 Å². The summed E-state index contributed by atoms with van der Waals surface area (Å²) in [6.45, 7) is 1.98. The van der Waals surface area contributed by atoms with Crippen LogP contribution in [0, 0.1) is 6.92 Å². The fourth-order valence-electron chi connectivity index (χ4n) is 2.87. The Morgan fingerprint density at radius 3 is 1.52 bits per heavy atom. The molecule has 0 bridgehead atoms. The van der Waals surface area contributed by atoms with Gasteiger partial charge in [-0.2, -0.15) is 13.2 Å². The number of rotatable bonds is 3. The summed E-state index contributed by atoms with van der Waals surface area (Å²) >= 11 is 0. The van der Waals surface area contributed by atoms with Gasteiger partial charge in [0, 0.05) is 5.92 Å². The predicted octanol–water partition coefficient (Wildman–Crippen LogP) is 5.90. The molecule has 0 aliphatic rings. The van der Waals surface area contributed by atoms with Gasteiger partial charge in [0.25, 0.3) is 0 Å². The summed E-state index contributed by atoms with van der Waals surface area (Å²) < 4.78 is 38.5. The molecule has 1 N–H and O–H groups in total. The maximum absolute atomic E-state index is 12.8. The molecule has 1 atom stereocenters. The normalized spacial score (nSPS) is 12.8. The molecule has 0 spiro atoms. The summed E-state index contributed by atoms with van der Waals surface area (Å²) in [4.78, 5) is 0. The molecule has 3 rings (SSSR count). The molecule has 0 amide bonds. The Morgan fingerprint density at radius 1 is 0.680 bits per heavy atom. The van der Waals surface area contributed by atoms with E-state index < -0.39 is 11.7 Å².